The van der Waals surface area contributed by atoms with Crippen LogP contribution in [0.4, 0.5) is 0 Å². The summed E-state index contributed by atoms with van der Waals surface area (Å²) in [6, 6.07) is -0.840. The molecule has 0 aromatic rings. The maximum atomic E-state index is 12.9. The number of allylic oxidation sites excluding steroid dienone is 1. The van der Waals surface area contributed by atoms with Crippen molar-refractivity contribution in [3.05, 3.63) is 12.2 Å². The number of phosphoric acid groups is 1. The van der Waals surface area contributed by atoms with E-state index in [1.165, 1.54) is 180 Å². The van der Waals surface area contributed by atoms with Crippen LogP contribution in [-0.4, -0.2) is 73.4 Å². The maximum absolute atomic E-state index is 12.9. The number of aliphatic hydroxyl groups excluding tert-OH is 1. The third-order valence-corrected chi connectivity index (χ3v) is 12.0. The molecule has 3 unspecified atom stereocenters. The average Bonchev–Trinajstić information content (AvgIpc) is 3.15. The van der Waals surface area contributed by atoms with E-state index in [0.29, 0.717) is 17.4 Å². The van der Waals surface area contributed by atoms with Gasteiger partial charge in [0.15, 0.2) is 0 Å². The summed E-state index contributed by atoms with van der Waals surface area (Å²) >= 11 is 0. The molecule has 0 aliphatic carbocycles. The number of carbonyl (C=O) groups excluding carboxylic acids is 1. The zero-order valence-corrected chi connectivity index (χ0v) is 38.8. The Morgan fingerprint density at radius 1 is 0.589 bits per heavy atom. The first-order valence-corrected chi connectivity index (χ1v) is 25.6. The fourth-order valence-electron chi connectivity index (χ4n) is 7.16. The Morgan fingerprint density at radius 3 is 1.32 bits per heavy atom. The largest absolute Gasteiger partial charge is 0.472 e. The molecule has 0 aromatic heterocycles. The molecule has 56 heavy (non-hydrogen) atoms. The monoisotopic (exact) mass is 816 g/mol. The number of likely N-dealkylation sites (N-methyl/N-ethyl adjacent to an activating group) is 1. The fourth-order valence-corrected chi connectivity index (χ4v) is 7.90. The summed E-state index contributed by atoms with van der Waals surface area (Å²) < 4.78 is 23.6. The standard InChI is InChI=1S/C47H95N2O6P/c1-6-8-10-12-14-16-18-20-22-23-24-25-27-28-30-32-34-36-38-40-46(50)45(44-55-56(52,53)54-43-42-49(3,4)5)48-47(51)41-39-37-35-33-31-29-26-21-19-17-15-13-11-9-7-2/h38,40,45-46,50H,6-37,39,41-44H2,1-5H3,(H-,48,51,52,53)/p+1/b40-38+. The molecule has 0 aromatic carbocycles. The van der Waals surface area contributed by atoms with Crippen LogP contribution < -0.4 is 5.32 Å². The van der Waals surface area contributed by atoms with Crippen LogP contribution in [0, 0.1) is 0 Å². The molecule has 8 nitrogen and oxygen atoms in total. The number of quaternary nitrogens is 1. The Labute approximate surface area is 348 Å². The van der Waals surface area contributed by atoms with Gasteiger partial charge in [-0.3, -0.25) is 13.8 Å². The summed E-state index contributed by atoms with van der Waals surface area (Å²) in [6.07, 6.45) is 45.6. The van der Waals surface area contributed by atoms with Crippen LogP contribution in [0.5, 0.6) is 0 Å². The topological polar surface area (TPSA) is 105 Å². The van der Waals surface area contributed by atoms with Crippen LogP contribution >= 0.6 is 7.82 Å². The van der Waals surface area contributed by atoms with Crippen molar-refractivity contribution in [2.75, 3.05) is 40.9 Å². The predicted molar refractivity (Wildman–Crippen MR) is 240 cm³/mol. The highest BCUT2D eigenvalue weighted by Gasteiger charge is 2.27. The van der Waals surface area contributed by atoms with E-state index in [9.17, 15) is 19.4 Å². The van der Waals surface area contributed by atoms with E-state index in [1.54, 1.807) is 6.08 Å². The van der Waals surface area contributed by atoms with Crippen molar-refractivity contribution in [2.24, 2.45) is 0 Å². The fraction of sp³-hybridized carbons (Fsp3) is 0.936. The van der Waals surface area contributed by atoms with Gasteiger partial charge < -0.3 is 19.8 Å². The van der Waals surface area contributed by atoms with E-state index in [0.717, 1.165) is 32.1 Å². The zero-order chi connectivity index (χ0) is 41.4. The number of carbonyl (C=O) groups is 1. The lowest BCUT2D eigenvalue weighted by atomic mass is 10.0. The van der Waals surface area contributed by atoms with Gasteiger partial charge in [-0.15, -0.1) is 0 Å². The van der Waals surface area contributed by atoms with Gasteiger partial charge in [0.1, 0.15) is 13.2 Å². The first-order chi connectivity index (χ1) is 27.0. The van der Waals surface area contributed by atoms with E-state index < -0.39 is 20.0 Å². The van der Waals surface area contributed by atoms with Crippen LogP contribution in [0.2, 0.25) is 0 Å². The molecule has 0 radical (unpaired) electrons. The maximum Gasteiger partial charge on any atom is 0.472 e. The molecular formula is C47H96N2O6P+. The third kappa shape index (κ3) is 41.4. The quantitative estimate of drug-likeness (QED) is 0.0245. The molecule has 3 N–H and O–H groups in total. The molecule has 3 atom stereocenters. The van der Waals surface area contributed by atoms with Crippen molar-refractivity contribution in [3.63, 3.8) is 0 Å². The SMILES string of the molecule is CCCCCCCCCCCCCCCCCCC/C=C/C(O)C(COP(=O)(O)OCC[N+](C)(C)C)NC(=O)CCCCCCCCCCCCCCCCC. The van der Waals surface area contributed by atoms with Gasteiger partial charge in [-0.1, -0.05) is 219 Å². The molecule has 0 aliphatic heterocycles. The summed E-state index contributed by atoms with van der Waals surface area (Å²) in [7, 11) is 1.58. The minimum Gasteiger partial charge on any atom is -0.387 e. The Balaban J connectivity index is 4.34. The summed E-state index contributed by atoms with van der Waals surface area (Å²) in [5, 5.41) is 13.9. The number of unbranched alkanes of at least 4 members (excludes halogenated alkanes) is 31. The number of hydrogen-bond donors (Lipinski definition) is 3. The van der Waals surface area contributed by atoms with Crippen molar-refractivity contribution >= 4 is 13.7 Å². The summed E-state index contributed by atoms with van der Waals surface area (Å²) in [5.74, 6) is -0.173. The smallest absolute Gasteiger partial charge is 0.387 e. The minimum absolute atomic E-state index is 0.0648. The van der Waals surface area contributed by atoms with Crippen molar-refractivity contribution in [1.82, 2.24) is 5.32 Å². The second kappa shape index (κ2) is 39.7. The molecule has 334 valence electrons. The first-order valence-electron chi connectivity index (χ1n) is 24.1. The molecule has 1 amide bonds. The van der Waals surface area contributed by atoms with Crippen molar-refractivity contribution in [1.29, 1.82) is 0 Å². The number of hydrogen-bond acceptors (Lipinski definition) is 5. The number of nitrogens with zero attached hydrogens (tertiary/aromatic N) is 1. The van der Waals surface area contributed by atoms with E-state index in [2.05, 4.69) is 19.2 Å². The van der Waals surface area contributed by atoms with Crippen molar-refractivity contribution < 1.29 is 32.9 Å². The number of rotatable bonds is 44. The summed E-state index contributed by atoms with van der Waals surface area (Å²) in [6.45, 7) is 4.84. The summed E-state index contributed by atoms with van der Waals surface area (Å²) in [5.41, 5.74) is 0. The number of phosphoric ester groups is 1. The lowest BCUT2D eigenvalue weighted by Crippen LogP contribution is -2.45. The van der Waals surface area contributed by atoms with Crippen molar-refractivity contribution in [2.45, 2.75) is 244 Å². The molecule has 0 saturated heterocycles. The van der Waals surface area contributed by atoms with Gasteiger partial charge in [0.05, 0.1) is 39.9 Å². The predicted octanol–water partition coefficient (Wildman–Crippen LogP) is 13.5. The molecule has 0 aliphatic rings. The Bertz CT molecular complexity index is 927. The van der Waals surface area contributed by atoms with Crippen LogP contribution in [0.3, 0.4) is 0 Å². The van der Waals surface area contributed by atoms with Crippen LogP contribution in [-0.2, 0) is 18.4 Å². The molecular weight excluding hydrogens is 719 g/mol. The van der Waals surface area contributed by atoms with Gasteiger partial charge in [-0.2, -0.15) is 0 Å². The highest BCUT2D eigenvalue weighted by Crippen LogP contribution is 2.43. The molecule has 9 heteroatoms. The molecule has 0 bridgehead atoms. The lowest BCUT2D eigenvalue weighted by Gasteiger charge is -2.25. The van der Waals surface area contributed by atoms with Gasteiger partial charge in [0.2, 0.25) is 5.91 Å². The minimum atomic E-state index is -4.33. The molecule has 0 spiro atoms. The normalized spacial score (nSPS) is 14.3. The van der Waals surface area contributed by atoms with Gasteiger partial charge in [0.25, 0.3) is 0 Å². The molecule has 0 rings (SSSR count). The molecule has 0 saturated carbocycles. The molecule has 0 fully saturated rings. The Hall–Kier alpha value is -0.760. The van der Waals surface area contributed by atoms with Crippen LogP contribution in [0.15, 0.2) is 12.2 Å². The molecule has 0 heterocycles. The highest BCUT2D eigenvalue weighted by atomic mass is 31.2. The van der Waals surface area contributed by atoms with E-state index >= 15 is 0 Å². The number of nitrogens with one attached hydrogen (secondary N) is 1. The zero-order valence-electron chi connectivity index (χ0n) is 37.9. The van der Waals surface area contributed by atoms with Gasteiger partial charge in [0, 0.05) is 6.42 Å². The Morgan fingerprint density at radius 2 is 0.946 bits per heavy atom. The second-order valence-electron chi connectivity index (χ2n) is 17.8. The summed E-state index contributed by atoms with van der Waals surface area (Å²) in [4.78, 5) is 23.1. The first kappa shape index (κ1) is 55.2. The number of aliphatic hydroxyl groups is 1. The lowest BCUT2D eigenvalue weighted by molar-refractivity contribution is -0.870. The Kier molecular flexibility index (Phi) is 39.1. The third-order valence-electron chi connectivity index (χ3n) is 11.0. The second-order valence-corrected chi connectivity index (χ2v) is 19.3. The van der Waals surface area contributed by atoms with Crippen LogP contribution in [0.1, 0.15) is 232 Å². The van der Waals surface area contributed by atoms with E-state index in [1.807, 2.05) is 27.2 Å². The van der Waals surface area contributed by atoms with Gasteiger partial charge >= 0.3 is 7.82 Å². The van der Waals surface area contributed by atoms with E-state index in [-0.39, 0.29) is 19.1 Å². The number of amides is 1. The van der Waals surface area contributed by atoms with Gasteiger partial charge in [-0.25, -0.2) is 4.57 Å². The van der Waals surface area contributed by atoms with Crippen LogP contribution in [0.25, 0.3) is 0 Å². The van der Waals surface area contributed by atoms with Crippen molar-refractivity contribution in [3.8, 4) is 0 Å². The highest BCUT2D eigenvalue weighted by molar-refractivity contribution is 7.47. The van der Waals surface area contributed by atoms with E-state index in [4.69, 9.17) is 9.05 Å². The van der Waals surface area contributed by atoms with Gasteiger partial charge in [-0.05, 0) is 19.3 Å². The average molecular weight is 816 g/mol.